The van der Waals surface area contributed by atoms with Crippen LogP contribution in [0.3, 0.4) is 0 Å². The van der Waals surface area contributed by atoms with Crippen LogP contribution in [0.2, 0.25) is 0 Å². The molecule has 0 spiro atoms. The summed E-state index contributed by atoms with van der Waals surface area (Å²) in [5, 5.41) is 14.0. The molecule has 72 heavy (non-hydrogen) atoms. The van der Waals surface area contributed by atoms with E-state index in [4.69, 9.17) is 9.97 Å². The third-order valence-corrected chi connectivity index (χ3v) is 15.1. The zero-order chi connectivity index (χ0) is 50.7. The number of hydrogen-bond donors (Lipinski definition) is 3. The Labute approximate surface area is 425 Å². The number of fused-ring (bicyclic) bond motifs is 10. The largest absolute Gasteiger partial charge is 0.376 e. The molecule has 5 heteroatoms. The molecule has 5 heterocycles. The highest BCUT2D eigenvalue weighted by atomic mass is 16.3. The summed E-state index contributed by atoms with van der Waals surface area (Å²) in [5.74, 6) is 0. The Balaban J connectivity index is 1.34. The molecule has 360 valence electrons. The molecule has 5 aromatic carbocycles. The molecule has 1 unspecified atom stereocenters. The molecule has 0 amide bonds. The molecule has 0 radical (unpaired) electrons. The van der Waals surface area contributed by atoms with Gasteiger partial charge in [-0.3, -0.25) is 0 Å². The van der Waals surface area contributed by atoms with Gasteiger partial charge in [-0.15, -0.1) is 0 Å². The molecular formula is C67H66N4O. The van der Waals surface area contributed by atoms with Crippen molar-refractivity contribution < 1.29 is 5.11 Å². The predicted octanol–water partition coefficient (Wildman–Crippen LogP) is 17.1. The highest BCUT2D eigenvalue weighted by molar-refractivity contribution is 6.03. The molecule has 1 aliphatic carbocycles. The van der Waals surface area contributed by atoms with Crippen molar-refractivity contribution in [3.05, 3.63) is 201 Å². The van der Waals surface area contributed by atoms with Gasteiger partial charge in [0.2, 0.25) is 0 Å². The quantitative estimate of drug-likeness (QED) is 0.164. The fraction of sp³-hybridized carbons (Fsp3) is 0.254. The van der Waals surface area contributed by atoms with Crippen molar-refractivity contribution in [2.45, 2.75) is 110 Å². The van der Waals surface area contributed by atoms with Crippen LogP contribution in [0.5, 0.6) is 0 Å². The molecule has 3 N–H and O–H groups in total. The number of aliphatic hydroxyl groups is 1. The second-order valence-electron chi connectivity index (χ2n) is 24.3. The molecule has 5 nitrogen and oxygen atoms in total. The lowest BCUT2D eigenvalue weighted by atomic mass is 9.71. The lowest BCUT2D eigenvalue weighted by Gasteiger charge is -2.36. The molecule has 1 atom stereocenters. The van der Waals surface area contributed by atoms with E-state index < -0.39 is 5.60 Å². The van der Waals surface area contributed by atoms with Crippen molar-refractivity contribution in [2.75, 3.05) is 0 Å². The minimum Gasteiger partial charge on any atom is -0.376 e. The molecule has 8 bridgehead atoms. The normalized spacial score (nSPS) is 15.5. The van der Waals surface area contributed by atoms with E-state index in [1.54, 1.807) is 0 Å². The standard InChI is InChI=1S/C67H66N4O/c1-63(2,3)43-24-18-40(19-25-43)58-51-32-33-52(68-51)59(41-20-26-44(27-21-41)64(4,5)6)54-36-37-56(70-54)61-48-31-30-47(66(10,11)12)38-49(48)67(72,46-16-14-13-15-17-46)50-39-57(71-62(50)61)60(55-35-34-53(58)69-55)42-22-28-45(29-23-42)65(7,8)9/h13-39,69,71-72H,1-12H3. The van der Waals surface area contributed by atoms with Gasteiger partial charge in [0, 0.05) is 49.9 Å². The van der Waals surface area contributed by atoms with Gasteiger partial charge in [-0.1, -0.05) is 204 Å². The smallest absolute Gasteiger partial charge is 0.143 e. The van der Waals surface area contributed by atoms with Crippen molar-refractivity contribution in [3.8, 4) is 44.5 Å². The van der Waals surface area contributed by atoms with Crippen LogP contribution in [0.15, 0.2) is 140 Å². The van der Waals surface area contributed by atoms with Crippen molar-refractivity contribution >= 4 is 46.4 Å². The van der Waals surface area contributed by atoms with Crippen molar-refractivity contribution in [1.82, 2.24) is 19.9 Å². The minimum absolute atomic E-state index is 0.00534. The molecule has 3 aromatic heterocycles. The van der Waals surface area contributed by atoms with Gasteiger partial charge in [-0.05, 0) is 114 Å². The van der Waals surface area contributed by atoms with E-state index in [9.17, 15) is 5.11 Å². The van der Waals surface area contributed by atoms with E-state index in [-0.39, 0.29) is 21.7 Å². The topological polar surface area (TPSA) is 77.6 Å². The van der Waals surface area contributed by atoms with E-state index in [0.717, 1.165) is 112 Å². The van der Waals surface area contributed by atoms with Crippen LogP contribution in [0.4, 0.5) is 0 Å². The lowest BCUT2D eigenvalue weighted by Crippen LogP contribution is -2.32. The summed E-state index contributed by atoms with van der Waals surface area (Å²) >= 11 is 0. The van der Waals surface area contributed by atoms with Crippen LogP contribution in [0, 0.1) is 0 Å². The van der Waals surface area contributed by atoms with Gasteiger partial charge in [0.05, 0.1) is 28.3 Å². The average Bonchev–Trinajstić information content (AvgIpc) is 4.19. The highest BCUT2D eigenvalue weighted by Gasteiger charge is 2.43. The van der Waals surface area contributed by atoms with Gasteiger partial charge < -0.3 is 15.1 Å². The van der Waals surface area contributed by atoms with Gasteiger partial charge in [0.15, 0.2) is 0 Å². The van der Waals surface area contributed by atoms with E-state index >= 15 is 0 Å². The Bertz CT molecular complexity index is 3690. The summed E-state index contributed by atoms with van der Waals surface area (Å²) in [6, 6.07) is 50.3. The van der Waals surface area contributed by atoms with Gasteiger partial charge >= 0.3 is 0 Å². The number of H-pyrrole nitrogens is 2. The van der Waals surface area contributed by atoms with Crippen LogP contribution < -0.4 is 0 Å². The van der Waals surface area contributed by atoms with Gasteiger partial charge in [-0.25, -0.2) is 9.97 Å². The molecule has 3 aliphatic rings. The summed E-state index contributed by atoms with van der Waals surface area (Å²) in [4.78, 5) is 19.2. The highest BCUT2D eigenvalue weighted by Crippen LogP contribution is 2.52. The molecule has 11 rings (SSSR count). The van der Waals surface area contributed by atoms with E-state index in [1.165, 1.54) is 16.7 Å². The van der Waals surface area contributed by atoms with E-state index in [1.807, 2.05) is 18.2 Å². The summed E-state index contributed by atoms with van der Waals surface area (Å²) in [6.45, 7) is 27.0. The molecule has 8 aromatic rings. The number of nitrogens with zero attached hydrogens (tertiary/aromatic N) is 2. The zero-order valence-corrected chi connectivity index (χ0v) is 43.9. The summed E-state index contributed by atoms with van der Waals surface area (Å²) in [7, 11) is 0. The Morgan fingerprint density at radius 3 is 1.28 bits per heavy atom. The summed E-state index contributed by atoms with van der Waals surface area (Å²) in [5.41, 5.74) is 20.5. The lowest BCUT2D eigenvalue weighted by molar-refractivity contribution is 0.127. The second-order valence-corrected chi connectivity index (χ2v) is 24.3. The molecule has 0 saturated heterocycles. The van der Waals surface area contributed by atoms with Gasteiger partial charge in [-0.2, -0.15) is 0 Å². The minimum atomic E-state index is -1.52. The SMILES string of the molecule is CC(C)(C)c1ccc(-c2c3nc(c(-c4ccc(C(C)(C)C)cc4)c4ccc([nH]4)c(-c4ccc(C(C)(C)C)cc4)c4cc5c([nH]4)c(c4nc2C=C4)-c2ccc(C(C)(C)C)cc2C5(O)c2ccccc2)C=C3)cc1. The van der Waals surface area contributed by atoms with Gasteiger partial charge in [0.25, 0.3) is 0 Å². The third-order valence-electron chi connectivity index (χ3n) is 15.1. The Hall–Kier alpha value is -7.34. The fourth-order valence-corrected chi connectivity index (χ4v) is 10.8. The summed E-state index contributed by atoms with van der Waals surface area (Å²) < 4.78 is 0. The molecular weight excluding hydrogens is 877 g/mol. The first-order valence-electron chi connectivity index (χ1n) is 25.5. The first-order chi connectivity index (χ1) is 34.1. The number of aromatic amines is 2. The van der Waals surface area contributed by atoms with Crippen LogP contribution in [0.1, 0.15) is 145 Å². The Kier molecular flexibility index (Phi) is 10.8. The zero-order valence-electron chi connectivity index (χ0n) is 43.9. The molecule has 0 saturated carbocycles. The maximum absolute atomic E-state index is 14.0. The molecule has 2 aliphatic heterocycles. The predicted molar refractivity (Wildman–Crippen MR) is 304 cm³/mol. The van der Waals surface area contributed by atoms with E-state index in [2.05, 4.69) is 239 Å². The fourth-order valence-electron chi connectivity index (χ4n) is 10.8. The van der Waals surface area contributed by atoms with Crippen LogP contribution in [-0.2, 0) is 27.3 Å². The first kappa shape index (κ1) is 47.0. The Morgan fingerprint density at radius 1 is 0.375 bits per heavy atom. The first-order valence-corrected chi connectivity index (χ1v) is 25.5. The van der Waals surface area contributed by atoms with Crippen molar-refractivity contribution in [3.63, 3.8) is 0 Å². The van der Waals surface area contributed by atoms with E-state index in [0.29, 0.717) is 0 Å². The monoisotopic (exact) mass is 943 g/mol. The van der Waals surface area contributed by atoms with Crippen LogP contribution >= 0.6 is 0 Å². The van der Waals surface area contributed by atoms with Crippen molar-refractivity contribution in [1.29, 1.82) is 0 Å². The average molecular weight is 943 g/mol. The number of hydrogen-bond acceptors (Lipinski definition) is 3. The van der Waals surface area contributed by atoms with Crippen LogP contribution in [-0.4, -0.2) is 25.0 Å². The third kappa shape index (κ3) is 7.99. The number of rotatable bonds is 4. The second kappa shape index (κ2) is 16.6. The molecule has 0 fully saturated rings. The Morgan fingerprint density at radius 2 is 0.792 bits per heavy atom. The van der Waals surface area contributed by atoms with Gasteiger partial charge in [0.1, 0.15) is 5.60 Å². The summed E-state index contributed by atoms with van der Waals surface area (Å²) in [6.07, 6.45) is 8.61. The maximum atomic E-state index is 14.0. The van der Waals surface area contributed by atoms with Crippen molar-refractivity contribution in [2.24, 2.45) is 0 Å². The van der Waals surface area contributed by atoms with Crippen LogP contribution in [0.25, 0.3) is 90.9 Å². The number of benzene rings is 5. The number of nitrogens with one attached hydrogen (secondary N) is 2. The maximum Gasteiger partial charge on any atom is 0.143 e. The number of aromatic nitrogens is 4.